The number of anilines is 1. The number of amides is 1. The Kier molecular flexibility index (Phi) is 7.06. The first-order valence-corrected chi connectivity index (χ1v) is 9.25. The zero-order valence-electron chi connectivity index (χ0n) is 15.7. The van der Waals surface area contributed by atoms with Crippen molar-refractivity contribution in [3.63, 3.8) is 0 Å². The van der Waals surface area contributed by atoms with Gasteiger partial charge in [0.05, 0.1) is 11.9 Å². The number of piperidine rings is 2. The van der Waals surface area contributed by atoms with Crippen LogP contribution in [0.15, 0.2) is 17.1 Å². The third-order valence-electron chi connectivity index (χ3n) is 5.74. The number of hydrogen-bond donors (Lipinski definition) is 2. The smallest absolute Gasteiger partial charge is 0.268 e. The lowest BCUT2D eigenvalue weighted by molar-refractivity contribution is -0.131. The second-order valence-electron chi connectivity index (χ2n) is 7.63. The molecule has 0 atom stereocenters. The zero-order valence-corrected chi connectivity index (χ0v) is 16.5. The van der Waals surface area contributed by atoms with Gasteiger partial charge in [-0.1, -0.05) is 6.92 Å². The molecule has 0 aromatic carbocycles. The Morgan fingerprint density at radius 1 is 1.35 bits per heavy atom. The molecular weight excluding hydrogens is 354 g/mol. The summed E-state index contributed by atoms with van der Waals surface area (Å²) in [5.74, 6) is 0.706. The fraction of sp³-hybridized carbons (Fsp3) is 0.722. The highest BCUT2D eigenvalue weighted by Crippen LogP contribution is 2.28. The zero-order chi connectivity index (χ0) is 17.9. The van der Waals surface area contributed by atoms with Crippen molar-refractivity contribution in [1.82, 2.24) is 20.4 Å². The normalized spacial score (nSPS) is 20.3. The molecule has 3 rings (SSSR count). The van der Waals surface area contributed by atoms with E-state index in [1.165, 1.54) is 4.68 Å². The van der Waals surface area contributed by atoms with Crippen molar-refractivity contribution in [1.29, 1.82) is 0 Å². The monoisotopic (exact) mass is 383 g/mol. The maximum absolute atomic E-state index is 12.5. The van der Waals surface area contributed by atoms with Crippen LogP contribution < -0.4 is 21.1 Å². The summed E-state index contributed by atoms with van der Waals surface area (Å²) >= 11 is 0. The Morgan fingerprint density at radius 3 is 2.62 bits per heavy atom. The highest BCUT2D eigenvalue weighted by Gasteiger charge is 2.34. The van der Waals surface area contributed by atoms with Gasteiger partial charge in [-0.25, -0.2) is 4.68 Å². The number of carbonyl (C=O) groups excluding carboxylic acids is 1. The van der Waals surface area contributed by atoms with Crippen LogP contribution in [0.2, 0.25) is 0 Å². The maximum atomic E-state index is 12.5. The number of hydrogen-bond acceptors (Lipinski definition) is 5. The van der Waals surface area contributed by atoms with Gasteiger partial charge in [0.25, 0.3) is 5.56 Å². The lowest BCUT2D eigenvalue weighted by Gasteiger charge is -2.35. The Bertz CT molecular complexity index is 664. The van der Waals surface area contributed by atoms with E-state index in [-0.39, 0.29) is 29.3 Å². The van der Waals surface area contributed by atoms with Gasteiger partial charge in [-0.15, -0.1) is 12.4 Å². The first-order chi connectivity index (χ1) is 12.0. The summed E-state index contributed by atoms with van der Waals surface area (Å²) in [4.78, 5) is 26.5. The summed E-state index contributed by atoms with van der Waals surface area (Å²) in [5, 5.41) is 10.6. The highest BCUT2D eigenvalue weighted by atomic mass is 35.5. The van der Waals surface area contributed by atoms with Gasteiger partial charge >= 0.3 is 0 Å². The number of halogens is 1. The Balaban J connectivity index is 0.00000243. The van der Waals surface area contributed by atoms with Gasteiger partial charge in [0.1, 0.15) is 0 Å². The van der Waals surface area contributed by atoms with Crippen molar-refractivity contribution in [2.24, 2.45) is 18.4 Å². The Hall–Kier alpha value is -1.60. The summed E-state index contributed by atoms with van der Waals surface area (Å²) in [6.45, 7) is 6.48. The fourth-order valence-corrected chi connectivity index (χ4v) is 3.68. The minimum absolute atomic E-state index is 0. The molecule has 7 nitrogen and oxygen atoms in total. The molecule has 0 bridgehead atoms. The summed E-state index contributed by atoms with van der Waals surface area (Å²) < 4.78 is 1.34. The van der Waals surface area contributed by atoms with Crippen LogP contribution in [0.1, 0.15) is 32.6 Å². The van der Waals surface area contributed by atoms with Gasteiger partial charge in [-0.05, 0) is 44.7 Å². The highest BCUT2D eigenvalue weighted by molar-refractivity contribution is 5.85. The van der Waals surface area contributed by atoms with Gasteiger partial charge in [0.2, 0.25) is 5.91 Å². The van der Waals surface area contributed by atoms with Crippen LogP contribution in [0.5, 0.6) is 0 Å². The minimum atomic E-state index is -0.221. The van der Waals surface area contributed by atoms with Crippen LogP contribution >= 0.6 is 12.4 Å². The predicted molar refractivity (Wildman–Crippen MR) is 105 cm³/mol. The van der Waals surface area contributed by atoms with E-state index in [4.69, 9.17) is 0 Å². The van der Waals surface area contributed by atoms with Crippen LogP contribution in [0.3, 0.4) is 0 Å². The average Bonchev–Trinajstić information content (AvgIpc) is 2.63. The van der Waals surface area contributed by atoms with Crippen LogP contribution in [-0.4, -0.2) is 48.4 Å². The molecule has 0 aliphatic carbocycles. The molecule has 0 spiro atoms. The molecule has 1 aromatic heterocycles. The Morgan fingerprint density at radius 2 is 2.00 bits per heavy atom. The van der Waals surface area contributed by atoms with Crippen molar-refractivity contribution in [2.45, 2.75) is 32.6 Å². The van der Waals surface area contributed by atoms with E-state index in [1.807, 2.05) is 0 Å². The SMILES string of the molecule is Cl.Cn1ncc(N2CCC(CNC(=O)C3(C)CCNCC3)CC2)cc1=O. The van der Waals surface area contributed by atoms with Gasteiger partial charge in [-0.2, -0.15) is 5.10 Å². The molecule has 2 fully saturated rings. The molecule has 2 N–H and O–H groups in total. The molecule has 3 heterocycles. The molecule has 2 aliphatic heterocycles. The predicted octanol–water partition coefficient (Wildman–Crippen LogP) is 0.924. The fourth-order valence-electron chi connectivity index (χ4n) is 3.68. The number of nitrogens with zero attached hydrogens (tertiary/aromatic N) is 3. The second kappa shape index (κ2) is 8.86. The quantitative estimate of drug-likeness (QED) is 0.808. The number of aryl methyl sites for hydroxylation is 1. The van der Waals surface area contributed by atoms with Gasteiger partial charge in [0, 0.05) is 38.2 Å². The molecule has 8 heteroatoms. The summed E-state index contributed by atoms with van der Waals surface area (Å²) in [7, 11) is 1.66. The van der Waals surface area contributed by atoms with E-state index in [9.17, 15) is 9.59 Å². The lowest BCUT2D eigenvalue weighted by atomic mass is 9.80. The first-order valence-electron chi connectivity index (χ1n) is 9.25. The third kappa shape index (κ3) is 4.76. The number of rotatable bonds is 4. The lowest BCUT2D eigenvalue weighted by Crippen LogP contribution is -2.47. The van der Waals surface area contributed by atoms with Crippen molar-refractivity contribution in [2.75, 3.05) is 37.6 Å². The molecular formula is C18H30ClN5O2. The molecule has 1 aromatic rings. The van der Waals surface area contributed by atoms with Crippen LogP contribution in [0, 0.1) is 11.3 Å². The van der Waals surface area contributed by atoms with E-state index in [0.717, 1.165) is 64.1 Å². The maximum Gasteiger partial charge on any atom is 0.268 e. The van der Waals surface area contributed by atoms with Gasteiger partial charge < -0.3 is 15.5 Å². The topological polar surface area (TPSA) is 79.3 Å². The molecule has 26 heavy (non-hydrogen) atoms. The van der Waals surface area contributed by atoms with Crippen LogP contribution in [-0.2, 0) is 11.8 Å². The Labute approximate surface area is 160 Å². The van der Waals surface area contributed by atoms with Crippen LogP contribution in [0.25, 0.3) is 0 Å². The number of carbonyl (C=O) groups is 1. The molecule has 146 valence electrons. The molecule has 1 amide bonds. The molecule has 0 saturated carbocycles. The van der Waals surface area contributed by atoms with E-state index in [2.05, 4.69) is 27.6 Å². The third-order valence-corrected chi connectivity index (χ3v) is 5.74. The number of nitrogens with one attached hydrogen (secondary N) is 2. The summed E-state index contributed by atoms with van der Waals surface area (Å²) in [5.41, 5.74) is 0.594. The van der Waals surface area contributed by atoms with Gasteiger partial charge in [-0.3, -0.25) is 9.59 Å². The molecule has 0 unspecified atom stereocenters. The minimum Gasteiger partial charge on any atom is -0.370 e. The van der Waals surface area contributed by atoms with E-state index < -0.39 is 0 Å². The summed E-state index contributed by atoms with van der Waals surface area (Å²) in [6, 6.07) is 1.65. The molecule has 0 radical (unpaired) electrons. The first kappa shape index (κ1) is 20.7. The largest absolute Gasteiger partial charge is 0.370 e. The molecule has 2 aliphatic rings. The average molecular weight is 384 g/mol. The van der Waals surface area contributed by atoms with Crippen LogP contribution in [0.4, 0.5) is 5.69 Å². The standard InChI is InChI=1S/C18H29N5O2.ClH/c1-18(5-7-19-8-6-18)17(25)20-12-14-3-9-23(10-4-14)15-11-16(24)22(2)21-13-15;/h11,13-14,19H,3-10,12H2,1-2H3,(H,20,25);1H. The number of aromatic nitrogens is 2. The van der Waals surface area contributed by atoms with Crippen molar-refractivity contribution >= 4 is 24.0 Å². The van der Waals surface area contributed by atoms with Crippen molar-refractivity contribution < 1.29 is 4.79 Å². The van der Waals surface area contributed by atoms with Crippen molar-refractivity contribution in [3.05, 3.63) is 22.6 Å². The van der Waals surface area contributed by atoms with E-state index in [0.29, 0.717) is 5.92 Å². The van der Waals surface area contributed by atoms with Gasteiger partial charge in [0.15, 0.2) is 0 Å². The second-order valence-corrected chi connectivity index (χ2v) is 7.63. The van der Waals surface area contributed by atoms with E-state index >= 15 is 0 Å². The van der Waals surface area contributed by atoms with Crippen molar-refractivity contribution in [3.8, 4) is 0 Å². The van der Waals surface area contributed by atoms with E-state index in [1.54, 1.807) is 19.3 Å². The summed E-state index contributed by atoms with van der Waals surface area (Å²) in [6.07, 6.45) is 5.61. The molecule has 2 saturated heterocycles.